The maximum Gasteiger partial charge on any atom is 0.414 e. The lowest BCUT2D eigenvalue weighted by atomic mass is 10.0. The number of para-hydroxylation sites is 2. The van der Waals surface area contributed by atoms with E-state index in [1.807, 2.05) is 0 Å². The molecule has 3 heterocycles. The van der Waals surface area contributed by atoms with Crippen molar-refractivity contribution in [3.05, 3.63) is 113 Å². The number of carbonyl (C=O) groups is 2. The molecule has 7 rings (SSSR count). The Morgan fingerprint density at radius 1 is 0.721 bits per heavy atom. The molecule has 0 radical (unpaired) electrons. The number of anilines is 2. The third-order valence-corrected chi connectivity index (χ3v) is 8.09. The molecule has 5 aromatic rings. The van der Waals surface area contributed by atoms with Gasteiger partial charge in [0.15, 0.2) is 0 Å². The summed E-state index contributed by atoms with van der Waals surface area (Å²) in [4.78, 5) is 25.8. The fourth-order valence-corrected chi connectivity index (χ4v) is 5.99. The van der Waals surface area contributed by atoms with Gasteiger partial charge in [-0.15, -0.1) is 0 Å². The molecule has 0 unspecified atom stereocenters. The average Bonchev–Trinajstić information content (AvgIpc) is 3.62. The summed E-state index contributed by atoms with van der Waals surface area (Å²) in [5.74, 6) is -2.63. The third-order valence-electron chi connectivity index (χ3n) is 8.09. The van der Waals surface area contributed by atoms with Crippen molar-refractivity contribution in [1.29, 1.82) is 0 Å². The first-order valence-electron chi connectivity index (χ1n) is 14.6. The molecule has 0 bridgehead atoms. The summed E-state index contributed by atoms with van der Waals surface area (Å²) in [5, 5.41) is 18.5. The third kappa shape index (κ3) is 6.44. The van der Waals surface area contributed by atoms with Crippen molar-refractivity contribution in [1.82, 2.24) is 14.5 Å². The average molecular weight is 575 g/mol. The minimum absolute atomic E-state index is 0.797. The van der Waals surface area contributed by atoms with E-state index in [9.17, 15) is 0 Å². The van der Waals surface area contributed by atoms with Gasteiger partial charge in [-0.25, -0.2) is 14.6 Å². The Balaban J connectivity index is 0.000000501. The predicted octanol–water partition coefficient (Wildman–Crippen LogP) is 6.35. The lowest BCUT2D eigenvalue weighted by Gasteiger charge is -2.16. The molecule has 218 valence electrons. The standard InChI is InChI=1S/C33H32N4.C2H2O4/c1-2-8-26(9-3-1)33-35-31-10-4-5-11-32(31)37(33)23-25-13-17-30-28(21-25)15-14-27-20-24(12-16-29(27)34-30)22-36-18-6-7-19-36;3-1(4)2(5)6/h1-5,8-13,16-17,20-21,34H,6-7,14-15,18-19,22-23H2;(H,3,4)(H,5,6). The van der Waals surface area contributed by atoms with Gasteiger partial charge in [-0.05, 0) is 85.3 Å². The van der Waals surface area contributed by atoms with Crippen LogP contribution in [0.15, 0.2) is 91.0 Å². The SMILES string of the molecule is O=C(O)C(=O)O.c1ccc(-c2nc3ccccc3n2Cc2ccc3c(c2)CCc2cc(CN4CCCC4)ccc2N3)cc1. The fraction of sp³-hybridized carbons (Fsp3) is 0.229. The predicted molar refractivity (Wildman–Crippen MR) is 168 cm³/mol. The van der Waals surface area contributed by atoms with Crippen LogP contribution in [0.2, 0.25) is 0 Å². The number of imidazole rings is 1. The molecule has 1 saturated heterocycles. The van der Waals surface area contributed by atoms with Crippen LogP contribution in [0.1, 0.15) is 35.1 Å². The summed E-state index contributed by atoms with van der Waals surface area (Å²) in [6.45, 7) is 4.35. The molecule has 1 aromatic heterocycles. The molecule has 2 aliphatic rings. The van der Waals surface area contributed by atoms with Crippen LogP contribution >= 0.6 is 0 Å². The lowest BCUT2D eigenvalue weighted by molar-refractivity contribution is -0.159. The molecule has 4 aromatic carbocycles. The number of nitrogens with zero attached hydrogens (tertiary/aromatic N) is 3. The number of nitrogens with one attached hydrogen (secondary N) is 1. The van der Waals surface area contributed by atoms with E-state index in [1.54, 1.807) is 0 Å². The largest absolute Gasteiger partial charge is 0.473 e. The van der Waals surface area contributed by atoms with E-state index in [2.05, 4.69) is 106 Å². The Hall–Kier alpha value is -4.95. The van der Waals surface area contributed by atoms with Crippen LogP contribution < -0.4 is 5.32 Å². The van der Waals surface area contributed by atoms with Crippen molar-refractivity contribution in [2.75, 3.05) is 18.4 Å². The zero-order chi connectivity index (χ0) is 29.8. The van der Waals surface area contributed by atoms with Crippen LogP contribution in [0, 0.1) is 0 Å². The number of aryl methyl sites for hydroxylation is 2. The molecule has 0 amide bonds. The first-order valence-corrected chi connectivity index (χ1v) is 14.6. The molecule has 0 atom stereocenters. The number of hydrogen-bond donors (Lipinski definition) is 3. The smallest absolute Gasteiger partial charge is 0.414 e. The molecular formula is C35H34N4O4. The number of benzene rings is 4. The van der Waals surface area contributed by atoms with Crippen molar-refractivity contribution in [3.63, 3.8) is 0 Å². The van der Waals surface area contributed by atoms with E-state index in [1.165, 1.54) is 65.1 Å². The summed E-state index contributed by atoms with van der Waals surface area (Å²) >= 11 is 0. The Morgan fingerprint density at radius 3 is 1.93 bits per heavy atom. The van der Waals surface area contributed by atoms with Crippen molar-refractivity contribution < 1.29 is 19.8 Å². The summed E-state index contributed by atoms with van der Waals surface area (Å²) in [7, 11) is 0. The van der Waals surface area contributed by atoms with Crippen LogP contribution in [0.5, 0.6) is 0 Å². The summed E-state index contributed by atoms with van der Waals surface area (Å²) in [6, 6.07) is 32.9. The minimum atomic E-state index is -1.82. The summed E-state index contributed by atoms with van der Waals surface area (Å²) in [5.41, 5.74) is 11.4. The van der Waals surface area contributed by atoms with E-state index in [0.29, 0.717) is 0 Å². The first-order chi connectivity index (χ1) is 20.9. The van der Waals surface area contributed by atoms with Gasteiger partial charge >= 0.3 is 11.9 Å². The van der Waals surface area contributed by atoms with Crippen molar-refractivity contribution in [2.45, 2.75) is 38.8 Å². The highest BCUT2D eigenvalue weighted by Gasteiger charge is 2.18. The van der Waals surface area contributed by atoms with Crippen LogP contribution in [0.4, 0.5) is 11.4 Å². The van der Waals surface area contributed by atoms with Gasteiger partial charge in [-0.3, -0.25) is 4.90 Å². The van der Waals surface area contributed by atoms with Gasteiger partial charge in [-0.1, -0.05) is 66.7 Å². The molecule has 2 aliphatic heterocycles. The number of likely N-dealkylation sites (tertiary alicyclic amines) is 1. The highest BCUT2D eigenvalue weighted by molar-refractivity contribution is 6.27. The summed E-state index contributed by atoms with van der Waals surface area (Å²) in [6.07, 6.45) is 4.79. The molecule has 8 heteroatoms. The molecular weight excluding hydrogens is 540 g/mol. The first kappa shape index (κ1) is 28.2. The van der Waals surface area contributed by atoms with Crippen LogP contribution in [-0.2, 0) is 35.5 Å². The second-order valence-corrected chi connectivity index (χ2v) is 11.1. The highest BCUT2D eigenvalue weighted by Crippen LogP contribution is 2.33. The maximum atomic E-state index is 9.10. The van der Waals surface area contributed by atoms with Gasteiger partial charge in [0.1, 0.15) is 5.82 Å². The zero-order valence-electron chi connectivity index (χ0n) is 23.9. The number of aliphatic carboxylic acids is 2. The quantitative estimate of drug-likeness (QED) is 0.210. The summed E-state index contributed by atoms with van der Waals surface area (Å²) < 4.78 is 2.36. The maximum absolute atomic E-state index is 9.10. The Kier molecular flexibility index (Phi) is 8.20. The number of aromatic nitrogens is 2. The van der Waals surface area contributed by atoms with Gasteiger partial charge in [0.25, 0.3) is 0 Å². The van der Waals surface area contributed by atoms with Gasteiger partial charge in [0.2, 0.25) is 0 Å². The van der Waals surface area contributed by atoms with Crippen molar-refractivity contribution in [3.8, 4) is 11.4 Å². The molecule has 0 spiro atoms. The normalized spacial score (nSPS) is 14.1. The second kappa shape index (κ2) is 12.5. The van der Waals surface area contributed by atoms with Crippen LogP contribution in [-0.4, -0.2) is 49.7 Å². The van der Waals surface area contributed by atoms with Crippen molar-refractivity contribution in [2.24, 2.45) is 0 Å². The van der Waals surface area contributed by atoms with E-state index in [0.717, 1.165) is 42.8 Å². The fourth-order valence-electron chi connectivity index (χ4n) is 5.99. The molecule has 0 saturated carbocycles. The van der Waals surface area contributed by atoms with Crippen molar-refractivity contribution >= 4 is 34.3 Å². The number of fused-ring (bicyclic) bond motifs is 3. The topological polar surface area (TPSA) is 108 Å². The van der Waals surface area contributed by atoms with Gasteiger partial charge < -0.3 is 20.1 Å². The number of carboxylic acid groups (broad SMARTS) is 2. The Labute approximate surface area is 250 Å². The number of hydrogen-bond acceptors (Lipinski definition) is 5. The van der Waals surface area contributed by atoms with E-state index < -0.39 is 11.9 Å². The van der Waals surface area contributed by atoms with Gasteiger partial charge in [0, 0.05) is 30.0 Å². The monoisotopic (exact) mass is 574 g/mol. The van der Waals surface area contributed by atoms with Crippen LogP contribution in [0.25, 0.3) is 22.4 Å². The highest BCUT2D eigenvalue weighted by atomic mass is 16.4. The molecule has 43 heavy (non-hydrogen) atoms. The van der Waals surface area contributed by atoms with Gasteiger partial charge in [-0.2, -0.15) is 0 Å². The van der Waals surface area contributed by atoms with E-state index in [-0.39, 0.29) is 0 Å². The Morgan fingerprint density at radius 2 is 1.30 bits per heavy atom. The number of rotatable bonds is 5. The van der Waals surface area contributed by atoms with E-state index in [4.69, 9.17) is 24.8 Å². The molecule has 1 fully saturated rings. The molecule has 0 aliphatic carbocycles. The van der Waals surface area contributed by atoms with E-state index >= 15 is 0 Å². The molecule has 8 nitrogen and oxygen atoms in total. The zero-order valence-corrected chi connectivity index (χ0v) is 23.9. The second-order valence-electron chi connectivity index (χ2n) is 11.1. The Bertz CT molecular complexity index is 1760. The number of carboxylic acids is 2. The lowest BCUT2D eigenvalue weighted by Crippen LogP contribution is -2.18. The van der Waals surface area contributed by atoms with Crippen LogP contribution in [0.3, 0.4) is 0 Å². The molecule has 3 N–H and O–H groups in total. The minimum Gasteiger partial charge on any atom is -0.473 e. The van der Waals surface area contributed by atoms with Gasteiger partial charge in [0.05, 0.1) is 11.0 Å².